The van der Waals surface area contributed by atoms with Crippen molar-refractivity contribution in [1.29, 1.82) is 0 Å². The number of benzene rings is 2. The Balaban J connectivity index is 2.01. The molecule has 0 amide bonds. The van der Waals surface area contributed by atoms with E-state index in [1.807, 2.05) is 0 Å². The van der Waals surface area contributed by atoms with Crippen LogP contribution < -0.4 is 9.04 Å². The predicted molar refractivity (Wildman–Crippen MR) is 80.4 cm³/mol. The summed E-state index contributed by atoms with van der Waals surface area (Å²) in [6.07, 6.45) is 1.14. The highest BCUT2D eigenvalue weighted by atomic mass is 32.2. The molecule has 0 aliphatic heterocycles. The zero-order valence-electron chi connectivity index (χ0n) is 11.8. The largest absolute Gasteiger partial charge is 0.489 e. The first-order valence-corrected chi connectivity index (χ1v) is 8.12. The Kier molecular flexibility index (Phi) is 4.47. The van der Waals surface area contributed by atoms with Crippen LogP contribution in [0.2, 0.25) is 0 Å². The second kappa shape index (κ2) is 6.13. The van der Waals surface area contributed by atoms with E-state index in [9.17, 15) is 12.8 Å². The van der Waals surface area contributed by atoms with E-state index in [1.54, 1.807) is 36.4 Å². The fraction of sp³-hybridized carbons (Fsp3) is 0.200. The summed E-state index contributed by atoms with van der Waals surface area (Å²) in [5, 5.41) is 0. The van der Waals surface area contributed by atoms with Gasteiger partial charge < -0.3 is 4.74 Å². The Labute approximate surface area is 123 Å². The summed E-state index contributed by atoms with van der Waals surface area (Å²) >= 11 is 0. The van der Waals surface area contributed by atoms with E-state index in [1.165, 1.54) is 23.5 Å². The third-order valence-electron chi connectivity index (χ3n) is 3.02. The topological polar surface area (TPSA) is 46.6 Å². The van der Waals surface area contributed by atoms with Gasteiger partial charge in [0.05, 0.1) is 11.9 Å². The molecule has 0 aliphatic rings. The Hall–Kier alpha value is -2.08. The lowest BCUT2D eigenvalue weighted by atomic mass is 10.2. The van der Waals surface area contributed by atoms with Gasteiger partial charge in [-0.25, -0.2) is 12.8 Å². The average Bonchev–Trinajstić information content (AvgIpc) is 2.45. The Morgan fingerprint density at radius 2 is 1.62 bits per heavy atom. The number of sulfonamides is 1. The van der Waals surface area contributed by atoms with Crippen LogP contribution in [0, 0.1) is 5.82 Å². The molecule has 0 spiro atoms. The summed E-state index contributed by atoms with van der Waals surface area (Å²) in [5.74, 6) is 0.330. The van der Waals surface area contributed by atoms with Gasteiger partial charge >= 0.3 is 0 Å². The van der Waals surface area contributed by atoms with E-state index in [4.69, 9.17) is 4.74 Å². The van der Waals surface area contributed by atoms with Crippen LogP contribution in [0.25, 0.3) is 0 Å². The molecule has 0 saturated heterocycles. The van der Waals surface area contributed by atoms with Gasteiger partial charge in [0.1, 0.15) is 18.2 Å². The lowest BCUT2D eigenvalue weighted by molar-refractivity contribution is 0.306. The van der Waals surface area contributed by atoms with Gasteiger partial charge in [0.25, 0.3) is 0 Å². The Bertz CT molecular complexity index is 697. The first-order chi connectivity index (χ1) is 9.86. The SMILES string of the molecule is CN(c1ccc(OCc2ccc(F)cc2)cc1)S(C)(=O)=O. The number of hydrogen-bond acceptors (Lipinski definition) is 3. The zero-order chi connectivity index (χ0) is 15.5. The van der Waals surface area contributed by atoms with Crippen LogP contribution in [0.5, 0.6) is 5.75 Å². The highest BCUT2D eigenvalue weighted by Gasteiger charge is 2.11. The molecule has 0 saturated carbocycles. The third-order valence-corrected chi connectivity index (χ3v) is 4.22. The van der Waals surface area contributed by atoms with E-state index < -0.39 is 10.0 Å². The number of nitrogens with zero attached hydrogens (tertiary/aromatic N) is 1. The van der Waals surface area contributed by atoms with Crippen LogP contribution >= 0.6 is 0 Å². The molecular formula is C15H16FNO3S. The van der Waals surface area contributed by atoms with Crippen molar-refractivity contribution in [3.63, 3.8) is 0 Å². The molecule has 6 heteroatoms. The predicted octanol–water partition coefficient (Wildman–Crippen LogP) is 2.80. The van der Waals surface area contributed by atoms with Gasteiger partial charge in [-0.3, -0.25) is 4.31 Å². The lowest BCUT2D eigenvalue weighted by Gasteiger charge is -2.16. The Morgan fingerprint density at radius 1 is 1.05 bits per heavy atom. The van der Waals surface area contributed by atoms with Crippen molar-refractivity contribution in [2.24, 2.45) is 0 Å². The minimum atomic E-state index is -3.27. The van der Waals surface area contributed by atoms with Gasteiger partial charge in [-0.15, -0.1) is 0 Å². The molecular weight excluding hydrogens is 293 g/mol. The van der Waals surface area contributed by atoms with Crippen molar-refractivity contribution in [3.8, 4) is 5.75 Å². The molecule has 0 bridgehead atoms. The van der Waals surface area contributed by atoms with Gasteiger partial charge in [0.2, 0.25) is 10.0 Å². The maximum Gasteiger partial charge on any atom is 0.231 e. The Morgan fingerprint density at radius 3 is 2.14 bits per heavy atom. The van der Waals surface area contributed by atoms with Crippen molar-refractivity contribution in [2.45, 2.75) is 6.61 Å². The van der Waals surface area contributed by atoms with Crippen molar-refractivity contribution in [3.05, 3.63) is 59.9 Å². The zero-order valence-corrected chi connectivity index (χ0v) is 12.6. The van der Waals surface area contributed by atoms with E-state index in [0.29, 0.717) is 18.0 Å². The van der Waals surface area contributed by atoms with E-state index in [-0.39, 0.29) is 5.82 Å². The number of rotatable bonds is 5. The lowest BCUT2D eigenvalue weighted by Crippen LogP contribution is -2.24. The van der Waals surface area contributed by atoms with Gasteiger partial charge in [0, 0.05) is 7.05 Å². The van der Waals surface area contributed by atoms with Gasteiger partial charge in [-0.2, -0.15) is 0 Å². The summed E-state index contributed by atoms with van der Waals surface area (Å²) in [5.41, 5.74) is 1.42. The molecule has 2 aromatic rings. The van der Waals surface area contributed by atoms with E-state index in [2.05, 4.69) is 0 Å². The minimum Gasteiger partial charge on any atom is -0.489 e. The van der Waals surface area contributed by atoms with Crippen LogP contribution in [0.1, 0.15) is 5.56 Å². The molecule has 0 unspecified atom stereocenters. The molecule has 112 valence electrons. The average molecular weight is 309 g/mol. The maximum absolute atomic E-state index is 12.8. The molecule has 2 aromatic carbocycles. The van der Waals surface area contributed by atoms with Gasteiger partial charge in [-0.05, 0) is 42.0 Å². The molecule has 0 aromatic heterocycles. The monoisotopic (exact) mass is 309 g/mol. The maximum atomic E-state index is 12.8. The minimum absolute atomic E-state index is 0.285. The van der Waals surface area contributed by atoms with E-state index in [0.717, 1.165) is 11.8 Å². The second-order valence-corrected chi connectivity index (χ2v) is 6.65. The standard InChI is InChI=1S/C15H16FNO3S/c1-17(21(2,18)19)14-7-9-15(10-8-14)20-11-12-3-5-13(16)6-4-12/h3-10H,11H2,1-2H3. The summed E-state index contributed by atoms with van der Waals surface area (Å²) in [4.78, 5) is 0. The second-order valence-electron chi connectivity index (χ2n) is 4.64. The van der Waals surface area contributed by atoms with Gasteiger partial charge in [0.15, 0.2) is 0 Å². The number of anilines is 1. The fourth-order valence-corrected chi connectivity index (χ4v) is 2.20. The highest BCUT2D eigenvalue weighted by molar-refractivity contribution is 7.92. The molecule has 0 radical (unpaired) electrons. The van der Waals surface area contributed by atoms with Crippen LogP contribution in [0.4, 0.5) is 10.1 Å². The summed E-state index contributed by atoms with van der Waals surface area (Å²) < 4.78 is 42.4. The van der Waals surface area contributed by atoms with Crippen molar-refractivity contribution < 1.29 is 17.5 Å². The van der Waals surface area contributed by atoms with Crippen LogP contribution in [-0.4, -0.2) is 21.7 Å². The number of ether oxygens (including phenoxy) is 1. The van der Waals surface area contributed by atoms with Crippen molar-refractivity contribution in [2.75, 3.05) is 17.6 Å². The molecule has 4 nitrogen and oxygen atoms in total. The molecule has 2 rings (SSSR count). The third kappa shape index (κ3) is 4.19. The molecule has 0 N–H and O–H groups in total. The van der Waals surface area contributed by atoms with Crippen LogP contribution in [-0.2, 0) is 16.6 Å². The molecule has 21 heavy (non-hydrogen) atoms. The van der Waals surface area contributed by atoms with Crippen LogP contribution in [0.15, 0.2) is 48.5 Å². The summed E-state index contributed by atoms with van der Waals surface area (Å²) in [6, 6.07) is 12.8. The van der Waals surface area contributed by atoms with E-state index >= 15 is 0 Å². The number of halogens is 1. The van der Waals surface area contributed by atoms with Crippen LogP contribution in [0.3, 0.4) is 0 Å². The smallest absolute Gasteiger partial charge is 0.231 e. The summed E-state index contributed by atoms with van der Waals surface area (Å²) in [6.45, 7) is 0.321. The normalized spacial score (nSPS) is 11.2. The van der Waals surface area contributed by atoms with Gasteiger partial charge in [-0.1, -0.05) is 12.1 Å². The fourth-order valence-electron chi connectivity index (χ4n) is 1.69. The number of hydrogen-bond donors (Lipinski definition) is 0. The highest BCUT2D eigenvalue weighted by Crippen LogP contribution is 2.21. The molecule has 0 heterocycles. The molecule has 0 fully saturated rings. The first-order valence-electron chi connectivity index (χ1n) is 6.27. The first kappa shape index (κ1) is 15.3. The van der Waals surface area contributed by atoms with Crippen molar-refractivity contribution >= 4 is 15.7 Å². The quantitative estimate of drug-likeness (QED) is 0.853. The molecule has 0 aliphatic carbocycles. The molecule has 0 atom stereocenters. The van der Waals surface area contributed by atoms with Crippen molar-refractivity contribution in [1.82, 2.24) is 0 Å². The summed E-state index contributed by atoms with van der Waals surface area (Å²) in [7, 11) is -1.78.